The summed E-state index contributed by atoms with van der Waals surface area (Å²) in [7, 11) is 0. The van der Waals surface area contributed by atoms with Gasteiger partial charge in [0, 0.05) is 29.3 Å². The molecule has 1 saturated carbocycles. The second-order valence-electron chi connectivity index (χ2n) is 5.36. The van der Waals surface area contributed by atoms with E-state index >= 15 is 0 Å². The molecule has 1 aromatic carbocycles. The first kappa shape index (κ1) is 13.4. The van der Waals surface area contributed by atoms with Crippen LogP contribution in [0, 0.1) is 5.92 Å². The van der Waals surface area contributed by atoms with Gasteiger partial charge < -0.3 is 15.6 Å². The number of hydrogen-bond donors (Lipinski definition) is 2. The fourth-order valence-electron chi connectivity index (χ4n) is 2.42. The Hall–Kier alpha value is -2.56. The Morgan fingerprint density at radius 3 is 2.71 bits per heavy atom. The zero-order chi connectivity index (χ0) is 14.8. The molecular weight excluding hydrogens is 266 g/mol. The van der Waals surface area contributed by atoms with Gasteiger partial charge in [0.25, 0.3) is 5.91 Å². The third kappa shape index (κ3) is 2.81. The van der Waals surface area contributed by atoms with Crippen LogP contribution < -0.4 is 11.1 Å². The Balaban J connectivity index is 1.62. The van der Waals surface area contributed by atoms with Crippen molar-refractivity contribution in [1.29, 1.82) is 0 Å². The van der Waals surface area contributed by atoms with Gasteiger partial charge in [0.05, 0.1) is 0 Å². The van der Waals surface area contributed by atoms with Crippen LogP contribution in [0.4, 0.5) is 0 Å². The summed E-state index contributed by atoms with van der Waals surface area (Å²) in [6.07, 6.45) is 1.68. The van der Waals surface area contributed by atoms with Crippen molar-refractivity contribution in [2.24, 2.45) is 11.7 Å². The molecular formula is C16H17N3O2. The number of benzene rings is 1. The van der Waals surface area contributed by atoms with Crippen LogP contribution in [0.15, 0.2) is 53.2 Å². The number of carbonyl (C=O) groups excluding carboxylic acids is 1. The SMILES string of the molecule is C=C(N)[C@H]1C[C@H](NC(=O)c2cc(-c3ccccc3)on2)C1. The molecule has 1 aliphatic rings. The number of hydrogen-bond acceptors (Lipinski definition) is 4. The average molecular weight is 283 g/mol. The molecule has 1 aromatic heterocycles. The quantitative estimate of drug-likeness (QED) is 0.902. The van der Waals surface area contributed by atoms with E-state index in [1.54, 1.807) is 6.07 Å². The minimum Gasteiger partial charge on any atom is -0.402 e. The van der Waals surface area contributed by atoms with Crippen molar-refractivity contribution in [2.45, 2.75) is 18.9 Å². The lowest BCUT2D eigenvalue weighted by Crippen LogP contribution is -2.45. The molecule has 3 rings (SSSR count). The van der Waals surface area contributed by atoms with Gasteiger partial charge in [0.1, 0.15) is 0 Å². The smallest absolute Gasteiger partial charge is 0.273 e. The number of rotatable bonds is 4. The zero-order valence-corrected chi connectivity index (χ0v) is 11.6. The van der Waals surface area contributed by atoms with Gasteiger partial charge in [0.15, 0.2) is 11.5 Å². The van der Waals surface area contributed by atoms with Gasteiger partial charge in [-0.25, -0.2) is 0 Å². The van der Waals surface area contributed by atoms with Gasteiger partial charge in [-0.1, -0.05) is 42.1 Å². The third-order valence-electron chi connectivity index (χ3n) is 3.80. The minimum atomic E-state index is -0.216. The van der Waals surface area contributed by atoms with Crippen molar-refractivity contribution in [2.75, 3.05) is 0 Å². The van der Waals surface area contributed by atoms with E-state index in [4.69, 9.17) is 10.3 Å². The number of nitrogens with two attached hydrogens (primary N) is 1. The van der Waals surface area contributed by atoms with Crippen molar-refractivity contribution < 1.29 is 9.32 Å². The van der Waals surface area contributed by atoms with Crippen LogP contribution in [0.1, 0.15) is 23.3 Å². The van der Waals surface area contributed by atoms with Gasteiger partial charge in [0.2, 0.25) is 0 Å². The fraction of sp³-hybridized carbons (Fsp3) is 0.250. The van der Waals surface area contributed by atoms with Crippen molar-refractivity contribution in [3.8, 4) is 11.3 Å². The number of carbonyl (C=O) groups is 1. The first-order valence-electron chi connectivity index (χ1n) is 6.91. The van der Waals surface area contributed by atoms with E-state index in [0.29, 0.717) is 23.1 Å². The second kappa shape index (κ2) is 5.44. The highest BCUT2D eigenvalue weighted by Crippen LogP contribution is 2.31. The molecule has 5 heteroatoms. The largest absolute Gasteiger partial charge is 0.402 e. The molecule has 1 aliphatic carbocycles. The number of amides is 1. The molecule has 3 N–H and O–H groups in total. The molecule has 0 unspecified atom stereocenters. The summed E-state index contributed by atoms with van der Waals surface area (Å²) in [5, 5.41) is 6.75. The number of aromatic nitrogens is 1. The molecule has 1 amide bonds. The summed E-state index contributed by atoms with van der Waals surface area (Å²) in [5.41, 5.74) is 7.51. The van der Waals surface area contributed by atoms with Crippen LogP contribution >= 0.6 is 0 Å². The number of nitrogens with one attached hydrogen (secondary N) is 1. The summed E-state index contributed by atoms with van der Waals surface area (Å²) in [6.45, 7) is 3.72. The zero-order valence-electron chi connectivity index (χ0n) is 11.6. The van der Waals surface area contributed by atoms with Crippen LogP contribution in [0.2, 0.25) is 0 Å². The molecule has 0 bridgehead atoms. The third-order valence-corrected chi connectivity index (χ3v) is 3.80. The number of allylic oxidation sites excluding steroid dienone is 1. The van der Waals surface area contributed by atoms with Gasteiger partial charge in [-0.15, -0.1) is 0 Å². The van der Waals surface area contributed by atoms with Crippen LogP contribution in [-0.2, 0) is 0 Å². The topological polar surface area (TPSA) is 81.1 Å². The maximum atomic E-state index is 12.1. The summed E-state index contributed by atoms with van der Waals surface area (Å²) >= 11 is 0. The van der Waals surface area contributed by atoms with Crippen LogP contribution in [0.3, 0.4) is 0 Å². The predicted octanol–water partition coefficient (Wildman–Crippen LogP) is 2.32. The predicted molar refractivity (Wildman–Crippen MR) is 79.2 cm³/mol. The van der Waals surface area contributed by atoms with Gasteiger partial charge in [-0.05, 0) is 12.8 Å². The molecule has 0 saturated heterocycles. The molecule has 21 heavy (non-hydrogen) atoms. The Morgan fingerprint density at radius 2 is 2.05 bits per heavy atom. The van der Waals surface area contributed by atoms with Crippen LogP contribution in [-0.4, -0.2) is 17.1 Å². The van der Waals surface area contributed by atoms with E-state index in [9.17, 15) is 4.79 Å². The van der Waals surface area contributed by atoms with Gasteiger partial charge in [-0.3, -0.25) is 4.79 Å². The molecule has 1 heterocycles. The Bertz CT molecular complexity index is 657. The highest BCUT2D eigenvalue weighted by atomic mass is 16.5. The molecule has 0 aliphatic heterocycles. The van der Waals surface area contributed by atoms with Crippen molar-refractivity contribution in [3.63, 3.8) is 0 Å². The van der Waals surface area contributed by atoms with Gasteiger partial charge in [-0.2, -0.15) is 0 Å². The van der Waals surface area contributed by atoms with Crippen molar-refractivity contribution in [1.82, 2.24) is 10.5 Å². The first-order chi connectivity index (χ1) is 10.1. The Labute approximate surface area is 122 Å². The van der Waals surface area contributed by atoms with Crippen LogP contribution in [0.5, 0.6) is 0 Å². The fourth-order valence-corrected chi connectivity index (χ4v) is 2.42. The first-order valence-corrected chi connectivity index (χ1v) is 6.91. The lowest BCUT2D eigenvalue weighted by Gasteiger charge is -2.35. The van der Waals surface area contributed by atoms with E-state index in [1.165, 1.54) is 0 Å². The van der Waals surface area contributed by atoms with E-state index in [1.807, 2.05) is 30.3 Å². The van der Waals surface area contributed by atoms with Crippen LogP contribution in [0.25, 0.3) is 11.3 Å². The Kier molecular flexibility index (Phi) is 3.48. The average Bonchev–Trinajstić information content (AvgIpc) is 2.92. The summed E-state index contributed by atoms with van der Waals surface area (Å²) in [6, 6.07) is 11.4. The molecule has 2 aromatic rings. The highest BCUT2D eigenvalue weighted by molar-refractivity contribution is 5.93. The molecule has 0 spiro atoms. The molecule has 108 valence electrons. The van der Waals surface area contributed by atoms with E-state index < -0.39 is 0 Å². The molecule has 5 nitrogen and oxygen atoms in total. The summed E-state index contributed by atoms with van der Waals surface area (Å²) in [5.74, 6) is 0.682. The maximum Gasteiger partial charge on any atom is 0.273 e. The second-order valence-corrected chi connectivity index (χ2v) is 5.36. The normalized spacial score (nSPS) is 20.6. The maximum absolute atomic E-state index is 12.1. The minimum absolute atomic E-state index is 0.139. The summed E-state index contributed by atoms with van der Waals surface area (Å²) in [4.78, 5) is 12.1. The van der Waals surface area contributed by atoms with E-state index in [0.717, 1.165) is 18.4 Å². The lowest BCUT2D eigenvalue weighted by molar-refractivity contribution is 0.0891. The molecule has 0 atom stereocenters. The van der Waals surface area contributed by atoms with E-state index in [-0.39, 0.29) is 11.9 Å². The molecule has 1 fully saturated rings. The Morgan fingerprint density at radius 1 is 1.33 bits per heavy atom. The standard InChI is InChI=1S/C16H17N3O2/c1-10(17)12-7-13(8-12)18-16(20)14-9-15(21-19-14)11-5-3-2-4-6-11/h2-6,9,12-13H,1,7-8,17H2,(H,18,20)/t12-,13-. The molecule has 0 radical (unpaired) electrons. The highest BCUT2D eigenvalue weighted by Gasteiger charge is 2.31. The van der Waals surface area contributed by atoms with Crippen molar-refractivity contribution >= 4 is 5.91 Å². The van der Waals surface area contributed by atoms with E-state index in [2.05, 4.69) is 17.1 Å². The number of nitrogens with zero attached hydrogens (tertiary/aromatic N) is 1. The van der Waals surface area contributed by atoms with Crippen molar-refractivity contribution in [3.05, 3.63) is 54.4 Å². The lowest BCUT2D eigenvalue weighted by atomic mass is 9.78. The summed E-state index contributed by atoms with van der Waals surface area (Å²) < 4.78 is 5.22. The monoisotopic (exact) mass is 283 g/mol. The van der Waals surface area contributed by atoms with Gasteiger partial charge >= 0.3 is 0 Å².